The van der Waals surface area contributed by atoms with E-state index in [2.05, 4.69) is 9.40 Å². The summed E-state index contributed by atoms with van der Waals surface area (Å²) in [5.74, 6) is 0. The Balaban J connectivity index is 0.000000145. The van der Waals surface area contributed by atoms with Crippen LogP contribution < -0.4 is 0 Å². The van der Waals surface area contributed by atoms with Crippen LogP contribution in [0.3, 0.4) is 0 Å². The predicted molar refractivity (Wildman–Crippen MR) is 27.7 cm³/mol. The molecule has 5 heteroatoms. The Morgan fingerprint density at radius 3 is 2.50 bits per heavy atom. The summed E-state index contributed by atoms with van der Waals surface area (Å²) in [4.78, 5) is 10.6. The van der Waals surface area contributed by atoms with Crippen molar-refractivity contribution < 1.29 is 13.9 Å². The molecule has 4 nitrogen and oxygen atoms in total. The maximum Gasteiger partial charge on any atom is 0.491 e. The molecule has 0 fully saturated rings. The zero-order chi connectivity index (χ0) is 6.24. The van der Waals surface area contributed by atoms with E-state index in [9.17, 15) is 0 Å². The van der Waals surface area contributed by atoms with E-state index in [0.29, 0.717) is 0 Å². The van der Waals surface area contributed by atoms with Crippen molar-refractivity contribution in [3.8, 4) is 0 Å². The van der Waals surface area contributed by atoms with Gasteiger partial charge in [0.05, 0.1) is 6.20 Å². The topological polar surface area (TPSA) is 63.3 Å². The third-order valence-corrected chi connectivity index (χ3v) is 0.347. The molecular formula is C3H5NO3P+. The Labute approximate surface area is 47.5 Å². The van der Waals surface area contributed by atoms with Gasteiger partial charge in [0.2, 0.25) is 0 Å². The molecule has 0 aromatic carbocycles. The van der Waals surface area contributed by atoms with Gasteiger partial charge in [-0.1, -0.05) is 0 Å². The van der Waals surface area contributed by atoms with Crippen molar-refractivity contribution in [1.29, 1.82) is 0 Å². The fraction of sp³-hybridized carbons (Fsp3) is 0. The Hall–Kier alpha value is -0.730. The molecule has 1 rings (SSSR count). The van der Waals surface area contributed by atoms with E-state index in [0.717, 1.165) is 0 Å². The summed E-state index contributed by atoms with van der Waals surface area (Å²) >= 11 is 0. The minimum absolute atomic E-state index is 1.17. The van der Waals surface area contributed by atoms with E-state index in [-0.39, 0.29) is 0 Å². The summed E-state index contributed by atoms with van der Waals surface area (Å²) in [6.45, 7) is 0. The van der Waals surface area contributed by atoms with Gasteiger partial charge in [-0.05, 0) is 4.57 Å². The molecule has 1 unspecified atom stereocenters. The van der Waals surface area contributed by atoms with Gasteiger partial charge < -0.3 is 4.42 Å². The Kier molecular flexibility index (Phi) is 5.70. The average molecular weight is 134 g/mol. The lowest BCUT2D eigenvalue weighted by molar-refractivity contribution is 0.524. The smallest absolute Gasteiger partial charge is 0.452 e. The lowest BCUT2D eigenvalue weighted by Gasteiger charge is -1.47. The summed E-state index contributed by atoms with van der Waals surface area (Å²) in [5.41, 5.74) is 0. The highest BCUT2D eigenvalue weighted by Gasteiger charge is 1.59. The van der Waals surface area contributed by atoms with Crippen molar-refractivity contribution >= 4 is 8.69 Å². The van der Waals surface area contributed by atoms with E-state index in [4.69, 9.17) is 9.46 Å². The minimum atomic E-state index is -1.17. The molecule has 44 valence electrons. The Morgan fingerprint density at radius 2 is 2.38 bits per heavy atom. The Morgan fingerprint density at radius 1 is 1.75 bits per heavy atom. The zero-order valence-corrected chi connectivity index (χ0v) is 4.94. The molecule has 1 N–H and O–H groups in total. The summed E-state index contributed by atoms with van der Waals surface area (Å²) in [6, 6.07) is 0. The molecule has 0 aliphatic rings. The van der Waals surface area contributed by atoms with Crippen molar-refractivity contribution in [2.75, 3.05) is 0 Å². The van der Waals surface area contributed by atoms with E-state index in [1.165, 1.54) is 12.7 Å². The highest BCUT2D eigenvalue weighted by Crippen LogP contribution is 1.72. The van der Waals surface area contributed by atoms with Crippen LogP contribution in [0.4, 0.5) is 0 Å². The van der Waals surface area contributed by atoms with Crippen LogP contribution in [0.2, 0.25) is 0 Å². The van der Waals surface area contributed by atoms with Gasteiger partial charge in [0, 0.05) is 0 Å². The molecule has 1 aromatic heterocycles. The second kappa shape index (κ2) is 6.27. The maximum atomic E-state index is 8.51. The monoisotopic (exact) mass is 134 g/mol. The van der Waals surface area contributed by atoms with E-state index in [1.54, 1.807) is 6.20 Å². The first-order valence-corrected chi connectivity index (χ1v) is 2.60. The molecule has 1 heterocycles. The number of aromatic nitrogens is 1. The molecule has 0 saturated heterocycles. The number of hydrogen-bond donors (Lipinski definition) is 1. The van der Waals surface area contributed by atoms with Crippen molar-refractivity contribution in [1.82, 2.24) is 4.98 Å². The summed E-state index contributed by atoms with van der Waals surface area (Å²) in [5, 5.41) is 0. The third-order valence-electron chi connectivity index (χ3n) is 0.347. The molecule has 0 spiro atoms. The second-order valence-corrected chi connectivity index (χ2v) is 0.950. The number of nitrogens with zero attached hydrogens (tertiary/aromatic N) is 1. The molecule has 0 amide bonds. The van der Waals surface area contributed by atoms with Crippen LogP contribution in [0.1, 0.15) is 0 Å². The highest BCUT2D eigenvalue weighted by molar-refractivity contribution is 7.16. The first kappa shape index (κ1) is 7.27. The summed E-state index contributed by atoms with van der Waals surface area (Å²) < 4.78 is 13.0. The van der Waals surface area contributed by atoms with Gasteiger partial charge in [-0.25, -0.2) is 4.98 Å². The normalized spacial score (nSPS) is 7.62. The van der Waals surface area contributed by atoms with Crippen LogP contribution in [0.15, 0.2) is 23.3 Å². The minimum Gasteiger partial charge on any atom is -0.452 e. The van der Waals surface area contributed by atoms with Crippen LogP contribution in [-0.2, 0) is 4.57 Å². The maximum absolute atomic E-state index is 8.51. The number of oxazole rings is 1. The number of rotatable bonds is 0. The fourth-order valence-corrected chi connectivity index (χ4v) is 0.176. The largest absolute Gasteiger partial charge is 0.491 e. The van der Waals surface area contributed by atoms with Crippen molar-refractivity contribution in [2.24, 2.45) is 0 Å². The van der Waals surface area contributed by atoms with Crippen molar-refractivity contribution in [3.05, 3.63) is 18.9 Å². The van der Waals surface area contributed by atoms with Gasteiger partial charge in [-0.15, -0.1) is 0 Å². The van der Waals surface area contributed by atoms with Gasteiger partial charge in [-0.3, -0.25) is 0 Å². The van der Waals surface area contributed by atoms with E-state index < -0.39 is 8.69 Å². The van der Waals surface area contributed by atoms with Crippen LogP contribution in [0, 0.1) is 0 Å². The predicted octanol–water partition coefficient (Wildman–Crippen LogP) is 0.592. The van der Waals surface area contributed by atoms with Gasteiger partial charge >= 0.3 is 8.69 Å². The molecule has 0 radical (unpaired) electrons. The van der Waals surface area contributed by atoms with E-state index >= 15 is 0 Å². The average Bonchev–Trinajstić information content (AvgIpc) is 2.17. The first-order valence-electron chi connectivity index (χ1n) is 1.75. The molecule has 0 bridgehead atoms. The zero-order valence-electron chi connectivity index (χ0n) is 3.94. The van der Waals surface area contributed by atoms with Crippen LogP contribution in [-0.4, -0.2) is 9.88 Å². The molecule has 1 atom stereocenters. The van der Waals surface area contributed by atoms with E-state index in [1.807, 2.05) is 0 Å². The highest BCUT2D eigenvalue weighted by atomic mass is 31.1. The molecule has 0 saturated carbocycles. The van der Waals surface area contributed by atoms with Gasteiger partial charge in [0.25, 0.3) is 0 Å². The molecule has 1 aromatic rings. The lowest BCUT2D eigenvalue weighted by atomic mass is 11.0. The van der Waals surface area contributed by atoms with Gasteiger partial charge in [0.1, 0.15) is 6.26 Å². The first-order chi connectivity index (χ1) is 3.91. The third kappa shape index (κ3) is 5.27. The second-order valence-electron chi connectivity index (χ2n) is 0.767. The molecule has 8 heavy (non-hydrogen) atoms. The van der Waals surface area contributed by atoms with Crippen LogP contribution >= 0.6 is 8.69 Å². The van der Waals surface area contributed by atoms with Crippen molar-refractivity contribution in [3.63, 3.8) is 0 Å². The quantitative estimate of drug-likeness (QED) is 0.527. The Bertz CT molecular complexity index is 101. The van der Waals surface area contributed by atoms with Crippen LogP contribution in [0.25, 0.3) is 0 Å². The van der Waals surface area contributed by atoms with Gasteiger partial charge in [-0.2, -0.15) is 4.89 Å². The number of hydrogen-bond acceptors (Lipinski definition) is 3. The molecular weight excluding hydrogens is 129 g/mol. The standard InChI is InChI=1S/C3H3NO.HO2P/c1-2-5-3-4-1;1-3-2/h1-3H;3H/p+1. The lowest BCUT2D eigenvalue weighted by Crippen LogP contribution is -1.38. The van der Waals surface area contributed by atoms with Crippen LogP contribution in [0.5, 0.6) is 0 Å². The molecule has 0 aliphatic heterocycles. The van der Waals surface area contributed by atoms with Crippen molar-refractivity contribution in [2.45, 2.75) is 0 Å². The summed E-state index contributed by atoms with van der Waals surface area (Å²) in [7, 11) is -1.17. The summed E-state index contributed by atoms with van der Waals surface area (Å²) in [6.07, 6.45) is 4.47. The SMILES string of the molecule is O=[PH+]O.c1cocn1. The van der Waals surface area contributed by atoms with Gasteiger partial charge in [0.15, 0.2) is 6.39 Å². The molecule has 0 aliphatic carbocycles. The fourth-order valence-electron chi connectivity index (χ4n) is 0.176.